The Balaban J connectivity index is 0.00000192. The monoisotopic (exact) mass is 336 g/mol. The smallest absolute Gasteiger partial charge is 0.220 e. The van der Waals surface area contributed by atoms with Gasteiger partial charge in [0.05, 0.1) is 0 Å². The van der Waals surface area contributed by atoms with Crippen LogP contribution >= 0.6 is 12.4 Å². The zero-order valence-electron chi connectivity index (χ0n) is 13.4. The molecule has 0 spiro atoms. The molecule has 1 amide bonds. The second-order valence-electron chi connectivity index (χ2n) is 6.36. The molecule has 1 unspecified atom stereocenters. The van der Waals surface area contributed by atoms with Crippen molar-refractivity contribution in [3.63, 3.8) is 0 Å². The average Bonchev–Trinajstić information content (AvgIpc) is 3.20. The highest BCUT2D eigenvalue weighted by molar-refractivity contribution is 5.98. The molecule has 1 fully saturated rings. The Bertz CT molecular complexity index is 568. The quantitative estimate of drug-likeness (QED) is 0.784. The number of halogens is 1. The maximum Gasteiger partial charge on any atom is 0.220 e. The summed E-state index contributed by atoms with van der Waals surface area (Å²) in [6.45, 7) is 1.71. The standard InChI is InChI=1S/C18H24N2O2.ClH/c21-17(15-7-6-13-3-1-4-14(13)11-15)8-9-18(22)20-12-16-5-2-10-19-16;/h6-7,11,16,19H,1-5,8-10,12H2,(H,20,22);1H. The number of benzene rings is 1. The Morgan fingerprint density at radius 2 is 1.96 bits per heavy atom. The van der Waals surface area contributed by atoms with Crippen LogP contribution in [-0.2, 0) is 17.6 Å². The number of carbonyl (C=O) groups excluding carboxylic acids is 2. The van der Waals surface area contributed by atoms with Crippen molar-refractivity contribution in [3.8, 4) is 0 Å². The van der Waals surface area contributed by atoms with Crippen molar-refractivity contribution in [2.75, 3.05) is 13.1 Å². The molecule has 1 heterocycles. The first kappa shape index (κ1) is 18.0. The van der Waals surface area contributed by atoms with Crippen LogP contribution in [0.4, 0.5) is 0 Å². The van der Waals surface area contributed by atoms with Crippen LogP contribution in [0, 0.1) is 0 Å². The van der Waals surface area contributed by atoms with Gasteiger partial charge in [0.1, 0.15) is 0 Å². The van der Waals surface area contributed by atoms with Gasteiger partial charge < -0.3 is 10.6 Å². The van der Waals surface area contributed by atoms with Gasteiger partial charge in [0, 0.05) is 31.0 Å². The second kappa shape index (κ2) is 8.46. The van der Waals surface area contributed by atoms with E-state index in [2.05, 4.69) is 16.7 Å². The third-order valence-corrected chi connectivity index (χ3v) is 4.71. The van der Waals surface area contributed by atoms with Crippen LogP contribution in [0.5, 0.6) is 0 Å². The van der Waals surface area contributed by atoms with Gasteiger partial charge in [-0.05, 0) is 55.8 Å². The molecule has 1 aromatic rings. The molecule has 5 heteroatoms. The maximum atomic E-state index is 12.2. The summed E-state index contributed by atoms with van der Waals surface area (Å²) in [5, 5.41) is 6.26. The summed E-state index contributed by atoms with van der Waals surface area (Å²) in [6.07, 6.45) is 6.26. The molecule has 0 aromatic heterocycles. The summed E-state index contributed by atoms with van der Waals surface area (Å²) >= 11 is 0. The van der Waals surface area contributed by atoms with Gasteiger partial charge >= 0.3 is 0 Å². The van der Waals surface area contributed by atoms with Crippen LogP contribution in [0.2, 0.25) is 0 Å². The first-order valence-electron chi connectivity index (χ1n) is 8.37. The summed E-state index contributed by atoms with van der Waals surface area (Å²) < 4.78 is 0. The van der Waals surface area contributed by atoms with E-state index in [9.17, 15) is 9.59 Å². The van der Waals surface area contributed by atoms with Crippen LogP contribution in [-0.4, -0.2) is 30.8 Å². The van der Waals surface area contributed by atoms with E-state index in [0.717, 1.165) is 31.4 Å². The highest BCUT2D eigenvalue weighted by Crippen LogP contribution is 2.23. The number of rotatable bonds is 6. The van der Waals surface area contributed by atoms with E-state index in [1.807, 2.05) is 12.1 Å². The van der Waals surface area contributed by atoms with E-state index < -0.39 is 0 Å². The molecule has 1 aliphatic carbocycles. The lowest BCUT2D eigenvalue weighted by Gasteiger charge is -2.11. The van der Waals surface area contributed by atoms with Crippen molar-refractivity contribution in [1.82, 2.24) is 10.6 Å². The lowest BCUT2D eigenvalue weighted by molar-refractivity contribution is -0.121. The zero-order chi connectivity index (χ0) is 15.4. The molecule has 0 bridgehead atoms. The molecular formula is C18H25ClN2O2. The number of nitrogens with one attached hydrogen (secondary N) is 2. The van der Waals surface area contributed by atoms with Gasteiger partial charge in [-0.3, -0.25) is 9.59 Å². The number of hydrogen-bond donors (Lipinski definition) is 2. The van der Waals surface area contributed by atoms with Crippen molar-refractivity contribution in [1.29, 1.82) is 0 Å². The number of hydrogen-bond acceptors (Lipinski definition) is 3. The average molecular weight is 337 g/mol. The first-order valence-corrected chi connectivity index (χ1v) is 8.37. The topological polar surface area (TPSA) is 58.2 Å². The largest absolute Gasteiger partial charge is 0.355 e. The molecule has 4 nitrogen and oxygen atoms in total. The fraction of sp³-hybridized carbons (Fsp3) is 0.556. The van der Waals surface area contributed by atoms with Gasteiger partial charge in [0.15, 0.2) is 5.78 Å². The highest BCUT2D eigenvalue weighted by Gasteiger charge is 2.16. The van der Waals surface area contributed by atoms with E-state index in [-0.39, 0.29) is 30.5 Å². The maximum absolute atomic E-state index is 12.2. The Morgan fingerprint density at radius 1 is 1.13 bits per heavy atom. The van der Waals surface area contributed by atoms with Gasteiger partial charge in [-0.25, -0.2) is 0 Å². The van der Waals surface area contributed by atoms with Gasteiger partial charge in [0.25, 0.3) is 0 Å². The number of Topliss-reactive ketones (excluding diaryl/α,β-unsaturated/α-hetero) is 1. The number of ketones is 1. The molecule has 3 rings (SSSR count). The zero-order valence-corrected chi connectivity index (χ0v) is 14.2. The van der Waals surface area contributed by atoms with Gasteiger partial charge in [-0.1, -0.05) is 12.1 Å². The second-order valence-corrected chi connectivity index (χ2v) is 6.36. The molecular weight excluding hydrogens is 312 g/mol. The molecule has 1 saturated heterocycles. The normalized spacial score (nSPS) is 19.0. The number of amides is 1. The van der Waals surface area contributed by atoms with Crippen LogP contribution < -0.4 is 10.6 Å². The first-order chi connectivity index (χ1) is 10.7. The van der Waals surface area contributed by atoms with Crippen LogP contribution in [0.1, 0.15) is 53.6 Å². The Hall–Kier alpha value is -1.39. The summed E-state index contributed by atoms with van der Waals surface area (Å²) in [4.78, 5) is 24.0. The fourth-order valence-electron chi connectivity index (χ4n) is 3.37. The van der Waals surface area contributed by atoms with Gasteiger partial charge in [-0.15, -0.1) is 12.4 Å². The number of carbonyl (C=O) groups is 2. The molecule has 1 atom stereocenters. The van der Waals surface area contributed by atoms with E-state index >= 15 is 0 Å². The van der Waals surface area contributed by atoms with Gasteiger partial charge in [-0.2, -0.15) is 0 Å². The third kappa shape index (κ3) is 4.79. The van der Waals surface area contributed by atoms with Crippen molar-refractivity contribution >= 4 is 24.1 Å². The SMILES string of the molecule is Cl.O=C(CCC(=O)c1ccc2c(c1)CCC2)NCC1CCCN1. The highest BCUT2D eigenvalue weighted by atomic mass is 35.5. The van der Waals surface area contributed by atoms with E-state index in [4.69, 9.17) is 0 Å². The summed E-state index contributed by atoms with van der Waals surface area (Å²) in [7, 11) is 0. The molecule has 1 aliphatic heterocycles. The predicted octanol–water partition coefficient (Wildman–Crippen LogP) is 2.43. The van der Waals surface area contributed by atoms with Crippen molar-refractivity contribution in [2.45, 2.75) is 51.0 Å². The minimum absolute atomic E-state index is 0. The third-order valence-electron chi connectivity index (χ3n) is 4.71. The lowest BCUT2D eigenvalue weighted by atomic mass is 10.0. The predicted molar refractivity (Wildman–Crippen MR) is 93.3 cm³/mol. The van der Waals surface area contributed by atoms with Crippen LogP contribution in [0.25, 0.3) is 0 Å². The van der Waals surface area contributed by atoms with Crippen molar-refractivity contribution in [2.24, 2.45) is 0 Å². The van der Waals surface area contributed by atoms with Crippen LogP contribution in [0.3, 0.4) is 0 Å². The van der Waals surface area contributed by atoms with Crippen molar-refractivity contribution < 1.29 is 9.59 Å². The Kier molecular flexibility index (Phi) is 6.60. The summed E-state index contributed by atoms with van der Waals surface area (Å²) in [5.74, 6) is 0.0482. The van der Waals surface area contributed by atoms with E-state index in [1.165, 1.54) is 24.0 Å². The number of aryl methyl sites for hydroxylation is 2. The van der Waals surface area contributed by atoms with Gasteiger partial charge in [0.2, 0.25) is 5.91 Å². The lowest BCUT2D eigenvalue weighted by Crippen LogP contribution is -2.37. The summed E-state index contributed by atoms with van der Waals surface area (Å²) in [5.41, 5.74) is 3.44. The Morgan fingerprint density at radius 3 is 2.74 bits per heavy atom. The molecule has 2 N–H and O–H groups in total. The minimum Gasteiger partial charge on any atom is -0.355 e. The number of fused-ring (bicyclic) bond motifs is 1. The minimum atomic E-state index is -0.0248. The summed E-state index contributed by atoms with van der Waals surface area (Å²) in [6, 6.07) is 6.40. The van der Waals surface area contributed by atoms with Crippen LogP contribution in [0.15, 0.2) is 18.2 Å². The molecule has 1 aromatic carbocycles. The van der Waals surface area contributed by atoms with E-state index in [0.29, 0.717) is 19.0 Å². The molecule has 0 saturated carbocycles. The fourth-order valence-corrected chi connectivity index (χ4v) is 3.37. The van der Waals surface area contributed by atoms with Crippen molar-refractivity contribution in [3.05, 3.63) is 34.9 Å². The Labute approximate surface area is 143 Å². The molecule has 126 valence electrons. The van der Waals surface area contributed by atoms with E-state index in [1.54, 1.807) is 0 Å². The molecule has 23 heavy (non-hydrogen) atoms. The molecule has 0 radical (unpaired) electrons. The molecule has 2 aliphatic rings.